The van der Waals surface area contributed by atoms with E-state index in [4.69, 9.17) is 5.26 Å². The van der Waals surface area contributed by atoms with Crippen molar-refractivity contribution in [1.82, 2.24) is 0 Å². The van der Waals surface area contributed by atoms with Gasteiger partial charge in [0.2, 0.25) is 0 Å². The van der Waals surface area contributed by atoms with Crippen LogP contribution in [0.25, 0.3) is 0 Å². The Morgan fingerprint density at radius 2 is 2.11 bits per heavy atom. The quantitative estimate of drug-likeness (QED) is 0.861. The van der Waals surface area contributed by atoms with Gasteiger partial charge in [0.15, 0.2) is 0 Å². The van der Waals surface area contributed by atoms with Crippen LogP contribution in [-0.4, -0.2) is 12.2 Å². The van der Waals surface area contributed by atoms with Gasteiger partial charge in [0.25, 0.3) is 0 Å². The number of halogens is 3. The van der Waals surface area contributed by atoms with Crippen molar-refractivity contribution in [3.63, 3.8) is 0 Å². The lowest BCUT2D eigenvalue weighted by Crippen LogP contribution is -2.16. The standard InChI is InChI=1S/C13H15F3N2/c1-10(4-3-7-13(14,15)16)18-12-6-2-5-11(8-12)9-17/h2,5-6,8,10,18H,3-4,7H2,1H3. The van der Waals surface area contributed by atoms with Gasteiger partial charge in [-0.05, 0) is 38.0 Å². The molecule has 18 heavy (non-hydrogen) atoms. The van der Waals surface area contributed by atoms with Crippen LogP contribution in [0.1, 0.15) is 31.7 Å². The second-order valence-corrected chi connectivity index (χ2v) is 4.25. The van der Waals surface area contributed by atoms with Gasteiger partial charge in [-0.15, -0.1) is 0 Å². The van der Waals surface area contributed by atoms with Crippen molar-refractivity contribution in [2.24, 2.45) is 0 Å². The number of rotatable bonds is 5. The Bertz CT molecular complexity index is 421. The van der Waals surface area contributed by atoms with E-state index in [0.717, 1.165) is 5.69 Å². The van der Waals surface area contributed by atoms with Crippen LogP contribution in [-0.2, 0) is 0 Å². The molecule has 98 valence electrons. The number of benzene rings is 1. The van der Waals surface area contributed by atoms with Crippen molar-refractivity contribution >= 4 is 5.69 Å². The normalized spacial score (nSPS) is 12.8. The fraction of sp³-hybridized carbons (Fsp3) is 0.462. The molecule has 2 nitrogen and oxygen atoms in total. The van der Waals surface area contributed by atoms with E-state index in [0.29, 0.717) is 12.0 Å². The van der Waals surface area contributed by atoms with Gasteiger partial charge in [-0.25, -0.2) is 0 Å². The molecule has 1 aromatic rings. The Balaban J connectivity index is 2.40. The van der Waals surface area contributed by atoms with Crippen LogP contribution in [0.15, 0.2) is 24.3 Å². The molecule has 0 radical (unpaired) electrons. The Morgan fingerprint density at radius 1 is 1.39 bits per heavy atom. The lowest BCUT2D eigenvalue weighted by Gasteiger charge is -2.15. The summed E-state index contributed by atoms with van der Waals surface area (Å²) >= 11 is 0. The predicted molar refractivity (Wildman–Crippen MR) is 64.1 cm³/mol. The Labute approximate surface area is 104 Å². The van der Waals surface area contributed by atoms with Crippen LogP contribution in [0.4, 0.5) is 18.9 Å². The molecule has 0 aliphatic rings. The molecule has 1 rings (SSSR count). The molecule has 0 saturated heterocycles. The van der Waals surface area contributed by atoms with Crippen LogP contribution in [0.5, 0.6) is 0 Å². The molecular weight excluding hydrogens is 241 g/mol. The molecule has 0 aliphatic carbocycles. The number of hydrogen-bond acceptors (Lipinski definition) is 2. The zero-order valence-corrected chi connectivity index (χ0v) is 10.1. The van der Waals surface area contributed by atoms with E-state index in [9.17, 15) is 13.2 Å². The second kappa shape index (κ2) is 6.29. The van der Waals surface area contributed by atoms with Crippen molar-refractivity contribution in [2.75, 3.05) is 5.32 Å². The maximum Gasteiger partial charge on any atom is 0.389 e. The molecule has 0 fully saturated rings. The lowest BCUT2D eigenvalue weighted by atomic mass is 10.1. The number of hydrogen-bond donors (Lipinski definition) is 1. The van der Waals surface area contributed by atoms with E-state index >= 15 is 0 Å². The summed E-state index contributed by atoms with van der Waals surface area (Å²) in [5.74, 6) is 0. The van der Waals surface area contributed by atoms with E-state index in [1.807, 2.05) is 13.0 Å². The third kappa shape index (κ3) is 5.58. The van der Waals surface area contributed by atoms with Crippen LogP contribution in [0, 0.1) is 11.3 Å². The summed E-state index contributed by atoms with van der Waals surface area (Å²) in [5.41, 5.74) is 1.29. The van der Waals surface area contributed by atoms with Crippen LogP contribution in [0.2, 0.25) is 0 Å². The highest BCUT2D eigenvalue weighted by Gasteiger charge is 2.26. The fourth-order valence-corrected chi connectivity index (χ4v) is 1.64. The molecule has 5 heteroatoms. The highest BCUT2D eigenvalue weighted by atomic mass is 19.4. The summed E-state index contributed by atoms with van der Waals surface area (Å²) in [6.45, 7) is 1.83. The molecular formula is C13H15F3N2. The van der Waals surface area contributed by atoms with E-state index in [2.05, 4.69) is 5.32 Å². The van der Waals surface area contributed by atoms with Crippen LogP contribution >= 0.6 is 0 Å². The van der Waals surface area contributed by atoms with Crippen LogP contribution in [0.3, 0.4) is 0 Å². The second-order valence-electron chi connectivity index (χ2n) is 4.25. The van der Waals surface area contributed by atoms with Crippen molar-refractivity contribution in [3.8, 4) is 6.07 Å². The summed E-state index contributed by atoms with van der Waals surface area (Å²) in [7, 11) is 0. The topological polar surface area (TPSA) is 35.8 Å². The third-order valence-corrected chi connectivity index (χ3v) is 2.50. The SMILES string of the molecule is CC(CCCC(F)(F)F)Nc1cccc(C#N)c1. The summed E-state index contributed by atoms with van der Waals surface area (Å²) in [6.07, 6.45) is -4.29. The van der Waals surface area contributed by atoms with E-state index in [-0.39, 0.29) is 12.5 Å². The van der Waals surface area contributed by atoms with Gasteiger partial charge in [-0.1, -0.05) is 6.07 Å². The maximum atomic E-state index is 12.0. The summed E-state index contributed by atoms with van der Waals surface area (Å²) in [4.78, 5) is 0. The van der Waals surface area contributed by atoms with Crippen molar-refractivity contribution < 1.29 is 13.2 Å². The molecule has 0 saturated carbocycles. The first kappa shape index (κ1) is 14.4. The third-order valence-electron chi connectivity index (χ3n) is 2.50. The largest absolute Gasteiger partial charge is 0.389 e. The first-order chi connectivity index (χ1) is 8.40. The zero-order chi connectivity index (χ0) is 13.6. The molecule has 1 aromatic carbocycles. The smallest absolute Gasteiger partial charge is 0.383 e. The number of nitriles is 1. The first-order valence-electron chi connectivity index (χ1n) is 5.74. The minimum absolute atomic E-state index is 0.0544. The number of nitrogens with zero attached hydrogens (tertiary/aromatic N) is 1. The minimum atomic E-state index is -4.08. The van der Waals surface area contributed by atoms with E-state index in [1.165, 1.54) is 0 Å². The van der Waals surface area contributed by atoms with Gasteiger partial charge in [0.05, 0.1) is 11.6 Å². The van der Waals surface area contributed by atoms with Gasteiger partial charge in [0, 0.05) is 18.2 Å². The fourth-order valence-electron chi connectivity index (χ4n) is 1.64. The monoisotopic (exact) mass is 256 g/mol. The average Bonchev–Trinajstić information content (AvgIpc) is 2.27. The van der Waals surface area contributed by atoms with E-state index in [1.54, 1.807) is 24.3 Å². The lowest BCUT2D eigenvalue weighted by molar-refractivity contribution is -0.135. The molecule has 1 unspecified atom stereocenters. The van der Waals surface area contributed by atoms with Crippen LogP contribution < -0.4 is 5.32 Å². The highest BCUT2D eigenvalue weighted by Crippen LogP contribution is 2.23. The van der Waals surface area contributed by atoms with Gasteiger partial charge in [-0.3, -0.25) is 0 Å². The number of nitrogens with one attached hydrogen (secondary N) is 1. The molecule has 0 aliphatic heterocycles. The van der Waals surface area contributed by atoms with Crippen molar-refractivity contribution in [2.45, 2.75) is 38.4 Å². The summed E-state index contributed by atoms with van der Waals surface area (Å²) in [5, 5.41) is 11.8. The molecule has 0 heterocycles. The molecule has 1 atom stereocenters. The Morgan fingerprint density at radius 3 is 2.72 bits per heavy atom. The van der Waals surface area contributed by atoms with E-state index < -0.39 is 12.6 Å². The zero-order valence-electron chi connectivity index (χ0n) is 10.1. The predicted octanol–water partition coefficient (Wildman–Crippen LogP) is 4.09. The summed E-state index contributed by atoms with van der Waals surface area (Å²) < 4.78 is 35.9. The molecule has 1 N–H and O–H groups in total. The van der Waals surface area contributed by atoms with Gasteiger partial charge in [-0.2, -0.15) is 18.4 Å². The Hall–Kier alpha value is -1.70. The Kier molecular flexibility index (Phi) is 5.02. The molecule has 0 bridgehead atoms. The number of alkyl halides is 3. The van der Waals surface area contributed by atoms with Crippen molar-refractivity contribution in [3.05, 3.63) is 29.8 Å². The van der Waals surface area contributed by atoms with Gasteiger partial charge in [0.1, 0.15) is 0 Å². The van der Waals surface area contributed by atoms with Gasteiger partial charge >= 0.3 is 6.18 Å². The first-order valence-corrected chi connectivity index (χ1v) is 5.74. The summed E-state index contributed by atoms with van der Waals surface area (Å²) in [6, 6.07) is 8.85. The minimum Gasteiger partial charge on any atom is -0.383 e. The molecule has 0 spiro atoms. The molecule has 0 amide bonds. The number of anilines is 1. The van der Waals surface area contributed by atoms with Gasteiger partial charge < -0.3 is 5.32 Å². The average molecular weight is 256 g/mol. The molecule has 0 aromatic heterocycles. The van der Waals surface area contributed by atoms with Crippen molar-refractivity contribution in [1.29, 1.82) is 5.26 Å². The maximum absolute atomic E-state index is 12.0. The highest BCUT2D eigenvalue weighted by molar-refractivity contribution is 5.49.